The Morgan fingerprint density at radius 1 is 1.29 bits per heavy atom. The van der Waals surface area contributed by atoms with Crippen molar-refractivity contribution in [3.63, 3.8) is 0 Å². The van der Waals surface area contributed by atoms with Crippen LogP contribution in [0.3, 0.4) is 0 Å². The SMILES string of the molecule is COC1CC(C)C(C)(OC)C=CC1C. The topological polar surface area (TPSA) is 18.5 Å². The van der Waals surface area contributed by atoms with Gasteiger partial charge in [-0.05, 0) is 19.3 Å². The summed E-state index contributed by atoms with van der Waals surface area (Å²) >= 11 is 0. The number of hydrogen-bond acceptors (Lipinski definition) is 2. The molecule has 1 rings (SSSR count). The van der Waals surface area contributed by atoms with Crippen molar-refractivity contribution in [2.24, 2.45) is 11.8 Å². The molecule has 1 aliphatic carbocycles. The Bertz CT molecular complexity index is 212. The quantitative estimate of drug-likeness (QED) is 0.635. The normalized spacial score (nSPS) is 43.6. The number of methoxy groups -OCH3 is 2. The molecule has 2 heteroatoms. The van der Waals surface area contributed by atoms with Crippen LogP contribution in [0.5, 0.6) is 0 Å². The molecule has 2 nitrogen and oxygen atoms in total. The Hall–Kier alpha value is -0.340. The fourth-order valence-corrected chi connectivity index (χ4v) is 2.01. The van der Waals surface area contributed by atoms with E-state index < -0.39 is 0 Å². The molecular weight excluding hydrogens is 176 g/mol. The largest absolute Gasteiger partial charge is 0.381 e. The van der Waals surface area contributed by atoms with Crippen LogP contribution in [0.2, 0.25) is 0 Å². The summed E-state index contributed by atoms with van der Waals surface area (Å²) in [6.45, 7) is 6.55. The molecule has 4 unspecified atom stereocenters. The Morgan fingerprint density at radius 3 is 2.43 bits per heavy atom. The second-order valence-corrected chi connectivity index (χ2v) is 4.52. The maximum atomic E-state index is 5.57. The highest BCUT2D eigenvalue weighted by Crippen LogP contribution is 2.33. The molecule has 0 aromatic heterocycles. The van der Waals surface area contributed by atoms with Crippen LogP contribution in [0, 0.1) is 11.8 Å². The van der Waals surface area contributed by atoms with Gasteiger partial charge in [0.05, 0.1) is 11.7 Å². The first-order valence-corrected chi connectivity index (χ1v) is 5.30. The first-order chi connectivity index (χ1) is 6.53. The zero-order chi connectivity index (χ0) is 10.8. The smallest absolute Gasteiger partial charge is 0.0857 e. The molecule has 0 radical (unpaired) electrons. The molecule has 0 N–H and O–H groups in total. The van der Waals surface area contributed by atoms with E-state index in [9.17, 15) is 0 Å². The van der Waals surface area contributed by atoms with E-state index in [1.54, 1.807) is 14.2 Å². The molecular formula is C12H22O2. The highest BCUT2D eigenvalue weighted by atomic mass is 16.5. The maximum absolute atomic E-state index is 5.57. The van der Waals surface area contributed by atoms with Crippen molar-refractivity contribution in [2.75, 3.05) is 14.2 Å². The van der Waals surface area contributed by atoms with Crippen LogP contribution in [-0.2, 0) is 9.47 Å². The Kier molecular flexibility index (Phi) is 3.73. The van der Waals surface area contributed by atoms with E-state index in [1.807, 2.05) is 0 Å². The molecule has 14 heavy (non-hydrogen) atoms. The Labute approximate surface area is 87.3 Å². The lowest BCUT2D eigenvalue weighted by molar-refractivity contribution is -0.0206. The molecule has 0 aliphatic heterocycles. The molecule has 0 aromatic rings. The number of rotatable bonds is 2. The minimum atomic E-state index is -0.137. The molecule has 0 saturated heterocycles. The van der Waals surface area contributed by atoms with Gasteiger partial charge in [-0.2, -0.15) is 0 Å². The van der Waals surface area contributed by atoms with Gasteiger partial charge in [0.1, 0.15) is 0 Å². The van der Waals surface area contributed by atoms with Crippen molar-refractivity contribution in [1.29, 1.82) is 0 Å². The summed E-state index contributed by atoms with van der Waals surface area (Å²) in [4.78, 5) is 0. The molecule has 0 amide bonds. The first kappa shape index (κ1) is 11.7. The summed E-state index contributed by atoms with van der Waals surface area (Å²) in [5, 5.41) is 0. The third kappa shape index (κ3) is 2.18. The molecule has 0 bridgehead atoms. The van der Waals surface area contributed by atoms with Crippen LogP contribution in [0.25, 0.3) is 0 Å². The van der Waals surface area contributed by atoms with E-state index in [2.05, 4.69) is 32.9 Å². The third-order valence-corrected chi connectivity index (χ3v) is 3.62. The van der Waals surface area contributed by atoms with Crippen molar-refractivity contribution in [1.82, 2.24) is 0 Å². The van der Waals surface area contributed by atoms with Gasteiger partial charge in [-0.25, -0.2) is 0 Å². The van der Waals surface area contributed by atoms with Crippen LogP contribution in [0.4, 0.5) is 0 Å². The van der Waals surface area contributed by atoms with Crippen LogP contribution >= 0.6 is 0 Å². The molecule has 0 aromatic carbocycles. The van der Waals surface area contributed by atoms with Crippen molar-refractivity contribution in [3.8, 4) is 0 Å². The minimum Gasteiger partial charge on any atom is -0.381 e. The Balaban J connectivity index is 2.84. The fourth-order valence-electron chi connectivity index (χ4n) is 2.01. The van der Waals surface area contributed by atoms with E-state index >= 15 is 0 Å². The zero-order valence-corrected chi connectivity index (χ0v) is 9.91. The van der Waals surface area contributed by atoms with Crippen molar-refractivity contribution < 1.29 is 9.47 Å². The van der Waals surface area contributed by atoms with Gasteiger partial charge >= 0.3 is 0 Å². The van der Waals surface area contributed by atoms with Gasteiger partial charge in [0.15, 0.2) is 0 Å². The van der Waals surface area contributed by atoms with Crippen molar-refractivity contribution >= 4 is 0 Å². The van der Waals surface area contributed by atoms with E-state index in [1.165, 1.54) is 0 Å². The lowest BCUT2D eigenvalue weighted by Crippen LogP contribution is -2.34. The van der Waals surface area contributed by atoms with Crippen LogP contribution in [0.1, 0.15) is 27.2 Å². The average molecular weight is 198 g/mol. The van der Waals surface area contributed by atoms with Crippen LogP contribution in [0.15, 0.2) is 12.2 Å². The standard InChI is InChI=1S/C12H22O2/c1-9-6-7-12(3,14-5)10(2)8-11(9)13-4/h6-7,9-11H,8H2,1-5H3. The van der Waals surface area contributed by atoms with Crippen molar-refractivity contribution in [2.45, 2.75) is 38.9 Å². The predicted molar refractivity (Wildman–Crippen MR) is 58.3 cm³/mol. The summed E-state index contributed by atoms with van der Waals surface area (Å²) in [5.41, 5.74) is -0.137. The summed E-state index contributed by atoms with van der Waals surface area (Å²) in [7, 11) is 3.57. The van der Waals surface area contributed by atoms with E-state index in [-0.39, 0.29) is 5.60 Å². The number of ether oxygens (including phenoxy) is 2. The summed E-state index contributed by atoms with van der Waals surface area (Å²) in [6.07, 6.45) is 5.76. The molecule has 1 aliphatic rings. The third-order valence-electron chi connectivity index (χ3n) is 3.62. The lowest BCUT2D eigenvalue weighted by Gasteiger charge is -2.31. The van der Waals surface area contributed by atoms with Crippen molar-refractivity contribution in [3.05, 3.63) is 12.2 Å². The lowest BCUT2D eigenvalue weighted by atomic mass is 9.87. The zero-order valence-electron chi connectivity index (χ0n) is 9.91. The second-order valence-electron chi connectivity index (χ2n) is 4.52. The van der Waals surface area contributed by atoms with Gasteiger partial charge in [-0.15, -0.1) is 0 Å². The van der Waals surface area contributed by atoms with Gasteiger partial charge in [0, 0.05) is 20.1 Å². The first-order valence-electron chi connectivity index (χ1n) is 5.30. The summed E-state index contributed by atoms with van der Waals surface area (Å²) in [5.74, 6) is 0.957. The van der Waals surface area contributed by atoms with Gasteiger partial charge < -0.3 is 9.47 Å². The van der Waals surface area contributed by atoms with Crippen LogP contribution < -0.4 is 0 Å². The second kappa shape index (κ2) is 4.45. The fraction of sp³-hybridized carbons (Fsp3) is 0.833. The molecule has 82 valence electrons. The van der Waals surface area contributed by atoms with E-state index in [0.29, 0.717) is 17.9 Å². The van der Waals surface area contributed by atoms with Gasteiger partial charge in [0.25, 0.3) is 0 Å². The van der Waals surface area contributed by atoms with Crippen LogP contribution in [-0.4, -0.2) is 25.9 Å². The van der Waals surface area contributed by atoms with Gasteiger partial charge in [-0.1, -0.05) is 26.0 Å². The summed E-state index contributed by atoms with van der Waals surface area (Å²) in [6, 6.07) is 0. The maximum Gasteiger partial charge on any atom is 0.0857 e. The average Bonchev–Trinajstić information content (AvgIpc) is 2.30. The molecule has 4 atom stereocenters. The van der Waals surface area contributed by atoms with Gasteiger partial charge in [0.2, 0.25) is 0 Å². The molecule has 0 spiro atoms. The highest BCUT2D eigenvalue weighted by Gasteiger charge is 2.34. The van der Waals surface area contributed by atoms with Gasteiger partial charge in [-0.3, -0.25) is 0 Å². The highest BCUT2D eigenvalue weighted by molar-refractivity contribution is 5.08. The Morgan fingerprint density at radius 2 is 1.93 bits per heavy atom. The van der Waals surface area contributed by atoms with E-state index in [0.717, 1.165) is 6.42 Å². The summed E-state index contributed by atoms with van der Waals surface area (Å²) < 4.78 is 11.1. The molecule has 0 heterocycles. The number of hydrogen-bond donors (Lipinski definition) is 0. The minimum absolute atomic E-state index is 0.137. The molecule has 0 fully saturated rings. The predicted octanol–water partition coefficient (Wildman–Crippen LogP) is 2.64. The monoisotopic (exact) mass is 198 g/mol. The van der Waals surface area contributed by atoms with E-state index in [4.69, 9.17) is 9.47 Å². The molecule has 0 saturated carbocycles.